The molecule has 0 aliphatic rings. The lowest BCUT2D eigenvalue weighted by atomic mass is 10.2. The predicted molar refractivity (Wildman–Crippen MR) is 96.9 cm³/mol. The van der Waals surface area contributed by atoms with Crippen molar-refractivity contribution >= 4 is 28.6 Å². The molecule has 6 heteroatoms. The van der Waals surface area contributed by atoms with Crippen LogP contribution in [0.1, 0.15) is 27.2 Å². The van der Waals surface area contributed by atoms with Crippen molar-refractivity contribution in [2.45, 2.75) is 38.8 Å². The number of hydrogen-bond acceptors (Lipinski definition) is 3. The fraction of sp³-hybridized carbons (Fsp3) is 0.529. The van der Waals surface area contributed by atoms with Gasteiger partial charge in [-0.2, -0.15) is 0 Å². The number of anilines is 1. The third-order valence-corrected chi connectivity index (χ3v) is 3.92. The Morgan fingerprint density at radius 1 is 1.17 bits per heavy atom. The number of hydrogen-bond donors (Lipinski definition) is 2. The van der Waals surface area contributed by atoms with Gasteiger partial charge in [0.1, 0.15) is 17.4 Å². The highest BCUT2D eigenvalue weighted by Crippen LogP contribution is 2.10. The van der Waals surface area contributed by atoms with Gasteiger partial charge in [-0.05, 0) is 43.8 Å². The number of rotatable bonds is 6. The molecule has 0 bridgehead atoms. The lowest BCUT2D eigenvalue weighted by Crippen LogP contribution is -2.46. The molecule has 1 aromatic carbocycles. The molecule has 0 aliphatic carbocycles. The van der Waals surface area contributed by atoms with E-state index in [-0.39, 0.29) is 16.8 Å². The molecule has 23 heavy (non-hydrogen) atoms. The molecule has 0 aromatic heterocycles. The van der Waals surface area contributed by atoms with Crippen LogP contribution in [0.5, 0.6) is 0 Å². The average molecular weight is 339 g/mol. The fourth-order valence-electron chi connectivity index (χ4n) is 1.82. The molecule has 0 unspecified atom stereocenters. The first-order valence-corrected chi connectivity index (χ1v) is 9.78. The minimum atomic E-state index is -0.611. The number of carbonyl (C=O) groups excluding carboxylic acids is 2. The Morgan fingerprint density at radius 2 is 1.78 bits per heavy atom. The van der Waals surface area contributed by atoms with Gasteiger partial charge >= 0.3 is 6.09 Å². The Hall–Kier alpha value is -1.69. The number of carbonyl (C=O) groups is 2. The maximum absolute atomic E-state index is 12.4. The molecule has 5 nitrogen and oxygen atoms in total. The van der Waals surface area contributed by atoms with E-state index in [1.807, 2.05) is 30.3 Å². The number of para-hydroxylation sites is 1. The molecule has 1 aromatic rings. The SMILES string of the molecule is C[S+](C)CC[C@@H](NC(=O)OC(C)(C)C)C(=O)Nc1ccccc1. The molecule has 0 radical (unpaired) electrons. The zero-order valence-corrected chi connectivity index (χ0v) is 15.3. The van der Waals surface area contributed by atoms with Crippen molar-refractivity contribution < 1.29 is 14.3 Å². The summed E-state index contributed by atoms with van der Waals surface area (Å²) in [6, 6.07) is 8.59. The Morgan fingerprint density at radius 3 is 2.30 bits per heavy atom. The normalized spacial score (nSPS) is 12.6. The molecular weight excluding hydrogens is 312 g/mol. The average Bonchev–Trinajstić information content (AvgIpc) is 2.42. The third-order valence-electron chi connectivity index (χ3n) is 2.86. The Labute approximate surface area is 141 Å². The zero-order chi connectivity index (χ0) is 17.5. The van der Waals surface area contributed by atoms with Crippen LogP contribution < -0.4 is 10.6 Å². The van der Waals surface area contributed by atoms with Crippen LogP contribution in [0.2, 0.25) is 0 Å². The quantitative estimate of drug-likeness (QED) is 0.783. The van der Waals surface area contributed by atoms with E-state index in [9.17, 15) is 9.59 Å². The second-order valence-corrected chi connectivity index (χ2v) is 8.91. The molecular formula is C17H27N2O3S+. The van der Waals surface area contributed by atoms with Gasteiger partial charge in [0.25, 0.3) is 0 Å². The highest BCUT2D eigenvalue weighted by atomic mass is 32.2. The van der Waals surface area contributed by atoms with Crippen LogP contribution in [0.3, 0.4) is 0 Å². The van der Waals surface area contributed by atoms with Crippen LogP contribution in [0, 0.1) is 0 Å². The minimum absolute atomic E-state index is 0.195. The van der Waals surface area contributed by atoms with Gasteiger partial charge in [-0.1, -0.05) is 18.2 Å². The van der Waals surface area contributed by atoms with Crippen LogP contribution in [0.4, 0.5) is 10.5 Å². The molecule has 0 fully saturated rings. The smallest absolute Gasteiger partial charge is 0.408 e. The fourth-order valence-corrected chi connectivity index (χ4v) is 2.53. The van der Waals surface area contributed by atoms with E-state index in [0.29, 0.717) is 12.1 Å². The summed E-state index contributed by atoms with van der Waals surface area (Å²) in [5, 5.41) is 5.51. The van der Waals surface area contributed by atoms with Crippen LogP contribution in [-0.2, 0) is 20.4 Å². The largest absolute Gasteiger partial charge is 0.444 e. The molecule has 128 valence electrons. The topological polar surface area (TPSA) is 67.4 Å². The van der Waals surface area contributed by atoms with E-state index in [2.05, 4.69) is 23.1 Å². The Bertz CT molecular complexity index is 512. The summed E-state index contributed by atoms with van der Waals surface area (Å²) in [4.78, 5) is 24.4. The van der Waals surface area contributed by atoms with Gasteiger partial charge in [-0.15, -0.1) is 0 Å². The van der Waals surface area contributed by atoms with Gasteiger partial charge in [0.15, 0.2) is 0 Å². The number of ether oxygens (including phenoxy) is 1. The summed E-state index contributed by atoms with van der Waals surface area (Å²) >= 11 is 0. The van der Waals surface area contributed by atoms with Gasteiger partial charge in [0.05, 0.1) is 12.5 Å². The molecule has 0 spiro atoms. The first kappa shape index (κ1) is 19.4. The van der Waals surface area contributed by atoms with Gasteiger partial charge in [0, 0.05) is 12.1 Å². The Kier molecular flexibility index (Phi) is 7.42. The van der Waals surface area contributed by atoms with Gasteiger partial charge in [-0.3, -0.25) is 4.79 Å². The monoisotopic (exact) mass is 339 g/mol. The molecule has 1 atom stereocenters. The van der Waals surface area contributed by atoms with E-state index in [4.69, 9.17) is 4.74 Å². The van der Waals surface area contributed by atoms with E-state index in [1.165, 1.54) is 0 Å². The van der Waals surface area contributed by atoms with Crippen molar-refractivity contribution in [3.63, 3.8) is 0 Å². The lowest BCUT2D eigenvalue weighted by Gasteiger charge is -2.23. The van der Waals surface area contributed by atoms with Crippen molar-refractivity contribution in [2.24, 2.45) is 0 Å². The molecule has 2 N–H and O–H groups in total. The lowest BCUT2D eigenvalue weighted by molar-refractivity contribution is -0.118. The van der Waals surface area contributed by atoms with Gasteiger partial charge < -0.3 is 15.4 Å². The van der Waals surface area contributed by atoms with Crippen LogP contribution >= 0.6 is 0 Å². The summed E-state index contributed by atoms with van der Waals surface area (Å²) in [6.07, 6.45) is 4.23. The zero-order valence-electron chi connectivity index (χ0n) is 14.5. The van der Waals surface area contributed by atoms with E-state index in [0.717, 1.165) is 5.75 Å². The van der Waals surface area contributed by atoms with E-state index in [1.54, 1.807) is 20.8 Å². The van der Waals surface area contributed by atoms with E-state index < -0.39 is 17.7 Å². The van der Waals surface area contributed by atoms with Crippen molar-refractivity contribution in [3.8, 4) is 0 Å². The highest BCUT2D eigenvalue weighted by Gasteiger charge is 2.25. The van der Waals surface area contributed by atoms with Gasteiger partial charge in [0.2, 0.25) is 5.91 Å². The predicted octanol–water partition coefficient (Wildman–Crippen LogP) is 2.79. The maximum atomic E-state index is 12.4. The summed E-state index contributed by atoms with van der Waals surface area (Å²) in [6.45, 7) is 5.38. The maximum Gasteiger partial charge on any atom is 0.408 e. The van der Waals surface area contributed by atoms with Crippen LogP contribution in [0.25, 0.3) is 0 Å². The summed E-state index contributed by atoms with van der Waals surface area (Å²) in [7, 11) is 0.195. The molecule has 0 aliphatic heterocycles. The van der Waals surface area contributed by atoms with E-state index >= 15 is 0 Å². The summed E-state index contributed by atoms with van der Waals surface area (Å²) in [5.74, 6) is 0.635. The second kappa shape index (κ2) is 8.82. The van der Waals surface area contributed by atoms with Crippen molar-refractivity contribution in [2.75, 3.05) is 23.6 Å². The van der Waals surface area contributed by atoms with Crippen LogP contribution in [0.15, 0.2) is 30.3 Å². The standard InChI is InChI=1S/C17H26N2O3S/c1-17(2,3)22-16(21)19-14(11-12-23(4)5)15(20)18-13-9-7-6-8-10-13/h6-10,14H,11-12H2,1-5H3,(H-,18,19,20,21)/p+1/t14-/m1/s1. The molecule has 2 amide bonds. The summed E-state index contributed by atoms with van der Waals surface area (Å²) in [5.41, 5.74) is 0.116. The minimum Gasteiger partial charge on any atom is -0.444 e. The molecule has 1 rings (SSSR count). The molecule has 0 heterocycles. The number of amides is 2. The molecule has 0 saturated heterocycles. The van der Waals surface area contributed by atoms with Gasteiger partial charge in [-0.25, -0.2) is 4.79 Å². The third kappa shape index (κ3) is 8.50. The Balaban J connectivity index is 2.70. The number of alkyl carbamates (subject to hydrolysis) is 1. The van der Waals surface area contributed by atoms with Crippen molar-refractivity contribution in [3.05, 3.63) is 30.3 Å². The summed E-state index contributed by atoms with van der Waals surface area (Å²) < 4.78 is 5.25. The molecule has 0 saturated carbocycles. The number of benzene rings is 1. The first-order valence-electron chi connectivity index (χ1n) is 7.57. The second-order valence-electron chi connectivity index (χ2n) is 6.53. The first-order chi connectivity index (χ1) is 10.7. The highest BCUT2D eigenvalue weighted by molar-refractivity contribution is 7.95. The number of nitrogens with one attached hydrogen (secondary N) is 2. The van der Waals surface area contributed by atoms with Crippen molar-refractivity contribution in [1.29, 1.82) is 0 Å². The van der Waals surface area contributed by atoms with Crippen molar-refractivity contribution in [1.82, 2.24) is 5.32 Å². The van der Waals surface area contributed by atoms with Crippen LogP contribution in [-0.4, -0.2) is 41.9 Å².